The number of nitrogens with zero attached hydrogens (tertiary/aromatic N) is 2. The minimum Gasteiger partial charge on any atom is -0.336 e. The first-order valence-corrected chi connectivity index (χ1v) is 8.48. The van der Waals surface area contributed by atoms with Gasteiger partial charge in [-0.3, -0.25) is 0 Å². The number of hydrogen-bond donors (Lipinski definition) is 0. The molecular weight excluding hydrogens is 335 g/mol. The minimum atomic E-state index is 0.271. The summed E-state index contributed by atoms with van der Waals surface area (Å²) >= 11 is 13.8. The van der Waals surface area contributed by atoms with E-state index in [0.717, 1.165) is 16.6 Å². The minimum absolute atomic E-state index is 0.271. The van der Waals surface area contributed by atoms with Gasteiger partial charge in [0.05, 0.1) is 11.6 Å². The number of halogens is 2. The molecule has 2 nitrogen and oxygen atoms in total. The molecule has 0 bridgehead atoms. The second-order valence-electron chi connectivity index (χ2n) is 4.87. The Morgan fingerprint density at radius 2 is 1.59 bits per heavy atom. The first-order valence-electron chi connectivity index (χ1n) is 6.84. The highest BCUT2D eigenvalue weighted by Gasteiger charge is 2.14. The number of benzene rings is 2. The van der Waals surface area contributed by atoms with Crippen LogP contribution in [-0.2, 0) is 6.54 Å². The van der Waals surface area contributed by atoms with Gasteiger partial charge in [-0.05, 0) is 42.0 Å². The van der Waals surface area contributed by atoms with Crippen LogP contribution in [0.5, 0.6) is 0 Å². The standard InChI is InChI=1S/C17H14Cl2N2S/c18-14-3-1-13(2-4-14)17(11-21-10-9-20-12-21)22-16-7-5-15(19)6-8-16/h1-10,12,17H,11H2. The van der Waals surface area contributed by atoms with E-state index in [-0.39, 0.29) is 5.25 Å². The van der Waals surface area contributed by atoms with E-state index in [0.29, 0.717) is 0 Å². The van der Waals surface area contributed by atoms with Gasteiger partial charge in [-0.15, -0.1) is 11.8 Å². The van der Waals surface area contributed by atoms with Crippen molar-refractivity contribution in [3.8, 4) is 0 Å². The lowest BCUT2D eigenvalue weighted by molar-refractivity contribution is 0.683. The fourth-order valence-electron chi connectivity index (χ4n) is 2.15. The topological polar surface area (TPSA) is 17.8 Å². The summed E-state index contributed by atoms with van der Waals surface area (Å²) in [5, 5.41) is 1.77. The van der Waals surface area contributed by atoms with Crippen LogP contribution in [0.4, 0.5) is 0 Å². The van der Waals surface area contributed by atoms with E-state index in [2.05, 4.69) is 21.7 Å². The molecule has 2 aromatic carbocycles. The quantitative estimate of drug-likeness (QED) is 0.548. The van der Waals surface area contributed by atoms with Crippen molar-refractivity contribution in [1.82, 2.24) is 9.55 Å². The van der Waals surface area contributed by atoms with E-state index in [4.69, 9.17) is 23.2 Å². The normalized spacial score (nSPS) is 12.3. The molecule has 22 heavy (non-hydrogen) atoms. The van der Waals surface area contributed by atoms with Gasteiger partial charge >= 0.3 is 0 Å². The largest absolute Gasteiger partial charge is 0.336 e. The predicted molar refractivity (Wildman–Crippen MR) is 93.7 cm³/mol. The molecule has 0 N–H and O–H groups in total. The summed E-state index contributed by atoms with van der Waals surface area (Å²) in [7, 11) is 0. The van der Waals surface area contributed by atoms with E-state index in [1.54, 1.807) is 18.0 Å². The molecule has 3 aromatic rings. The zero-order valence-corrected chi connectivity index (χ0v) is 14.0. The summed E-state index contributed by atoms with van der Waals surface area (Å²) in [6, 6.07) is 15.9. The van der Waals surface area contributed by atoms with Crippen LogP contribution in [0.2, 0.25) is 10.0 Å². The first-order chi connectivity index (χ1) is 10.7. The molecule has 1 unspecified atom stereocenters. The number of aromatic nitrogens is 2. The Balaban J connectivity index is 1.84. The Bertz CT molecular complexity index is 709. The average molecular weight is 349 g/mol. The van der Waals surface area contributed by atoms with Crippen LogP contribution in [0.15, 0.2) is 72.1 Å². The summed E-state index contributed by atoms with van der Waals surface area (Å²) in [6.45, 7) is 0.842. The second kappa shape index (κ2) is 7.23. The van der Waals surface area contributed by atoms with Crippen molar-refractivity contribution in [2.24, 2.45) is 0 Å². The maximum Gasteiger partial charge on any atom is 0.0946 e. The maximum absolute atomic E-state index is 6.00. The van der Waals surface area contributed by atoms with Gasteiger partial charge in [-0.25, -0.2) is 4.98 Å². The number of hydrogen-bond acceptors (Lipinski definition) is 2. The molecule has 0 aliphatic rings. The molecule has 0 saturated carbocycles. The molecule has 0 amide bonds. The zero-order chi connectivity index (χ0) is 15.4. The van der Waals surface area contributed by atoms with E-state index >= 15 is 0 Å². The molecule has 1 heterocycles. The molecule has 0 saturated heterocycles. The van der Waals surface area contributed by atoms with Crippen LogP contribution >= 0.6 is 35.0 Å². The molecule has 112 valence electrons. The molecule has 0 radical (unpaired) electrons. The van der Waals surface area contributed by atoms with Crippen molar-refractivity contribution in [2.45, 2.75) is 16.7 Å². The van der Waals surface area contributed by atoms with Crippen molar-refractivity contribution in [1.29, 1.82) is 0 Å². The molecule has 0 spiro atoms. The average Bonchev–Trinajstić information content (AvgIpc) is 3.03. The third kappa shape index (κ3) is 4.07. The van der Waals surface area contributed by atoms with Crippen molar-refractivity contribution >= 4 is 35.0 Å². The van der Waals surface area contributed by atoms with Gasteiger partial charge in [0.1, 0.15) is 0 Å². The van der Waals surface area contributed by atoms with Crippen LogP contribution < -0.4 is 0 Å². The highest BCUT2D eigenvalue weighted by Crippen LogP contribution is 2.37. The van der Waals surface area contributed by atoms with Gasteiger partial charge in [0.25, 0.3) is 0 Å². The molecular formula is C17H14Cl2N2S. The van der Waals surface area contributed by atoms with Crippen molar-refractivity contribution < 1.29 is 0 Å². The third-order valence-electron chi connectivity index (χ3n) is 3.27. The van der Waals surface area contributed by atoms with Crippen molar-refractivity contribution in [2.75, 3.05) is 0 Å². The molecule has 0 fully saturated rings. The Morgan fingerprint density at radius 3 is 2.18 bits per heavy atom. The lowest BCUT2D eigenvalue weighted by Gasteiger charge is -2.18. The summed E-state index contributed by atoms with van der Waals surface area (Å²) in [5.41, 5.74) is 1.23. The first kappa shape index (κ1) is 15.5. The lowest BCUT2D eigenvalue weighted by Crippen LogP contribution is -2.04. The van der Waals surface area contributed by atoms with Crippen LogP contribution in [0.1, 0.15) is 10.8 Å². The van der Waals surface area contributed by atoms with Crippen molar-refractivity contribution in [3.05, 3.63) is 82.9 Å². The van der Waals surface area contributed by atoms with Crippen molar-refractivity contribution in [3.63, 3.8) is 0 Å². The van der Waals surface area contributed by atoms with E-state index in [1.165, 1.54) is 10.5 Å². The molecule has 3 rings (SSSR count). The van der Waals surface area contributed by atoms with Gasteiger partial charge in [-0.1, -0.05) is 35.3 Å². The smallest absolute Gasteiger partial charge is 0.0946 e. The fourth-order valence-corrected chi connectivity index (χ4v) is 3.57. The van der Waals surface area contributed by atoms with Gasteiger partial charge in [0.15, 0.2) is 0 Å². The van der Waals surface area contributed by atoms with E-state index in [9.17, 15) is 0 Å². The van der Waals surface area contributed by atoms with Crippen LogP contribution in [0.25, 0.3) is 0 Å². The van der Waals surface area contributed by atoms with E-state index in [1.807, 2.05) is 48.9 Å². The Labute approximate surface area is 144 Å². The Kier molecular flexibility index (Phi) is 5.08. The van der Waals surface area contributed by atoms with E-state index < -0.39 is 0 Å². The molecule has 0 aliphatic carbocycles. The van der Waals surface area contributed by atoms with Crippen LogP contribution in [-0.4, -0.2) is 9.55 Å². The molecule has 0 aliphatic heterocycles. The Hall–Kier alpha value is -1.42. The van der Waals surface area contributed by atoms with Gasteiger partial charge in [0, 0.05) is 33.9 Å². The second-order valence-corrected chi connectivity index (χ2v) is 7.02. The molecule has 5 heteroatoms. The summed E-state index contributed by atoms with van der Waals surface area (Å²) in [6.07, 6.45) is 5.61. The number of rotatable bonds is 5. The highest BCUT2D eigenvalue weighted by molar-refractivity contribution is 7.99. The van der Waals surface area contributed by atoms with Gasteiger partial charge in [0.2, 0.25) is 0 Å². The zero-order valence-electron chi connectivity index (χ0n) is 11.7. The monoisotopic (exact) mass is 348 g/mol. The fraction of sp³-hybridized carbons (Fsp3) is 0.118. The van der Waals surface area contributed by atoms with Gasteiger partial charge < -0.3 is 4.57 Å². The Morgan fingerprint density at radius 1 is 0.955 bits per heavy atom. The molecule has 1 atom stereocenters. The van der Waals surface area contributed by atoms with Gasteiger partial charge in [-0.2, -0.15) is 0 Å². The third-order valence-corrected chi connectivity index (χ3v) is 5.02. The summed E-state index contributed by atoms with van der Waals surface area (Å²) in [5.74, 6) is 0. The summed E-state index contributed by atoms with van der Waals surface area (Å²) in [4.78, 5) is 5.30. The number of imidazole rings is 1. The predicted octanol–water partition coefficient (Wildman–Crippen LogP) is 5.72. The summed E-state index contributed by atoms with van der Waals surface area (Å²) < 4.78 is 2.09. The lowest BCUT2D eigenvalue weighted by atomic mass is 10.1. The molecule has 1 aromatic heterocycles. The maximum atomic E-state index is 6.00. The number of thioether (sulfide) groups is 1. The van der Waals surface area contributed by atoms with Crippen LogP contribution in [0, 0.1) is 0 Å². The van der Waals surface area contributed by atoms with Crippen LogP contribution in [0.3, 0.4) is 0 Å². The highest BCUT2D eigenvalue weighted by atomic mass is 35.5. The SMILES string of the molecule is Clc1ccc(SC(Cn2ccnc2)c2ccc(Cl)cc2)cc1.